The van der Waals surface area contributed by atoms with Crippen LogP contribution >= 0.6 is 0 Å². The monoisotopic (exact) mass is 235 g/mol. The lowest BCUT2D eigenvalue weighted by Gasteiger charge is -2.43. The highest BCUT2D eigenvalue weighted by Gasteiger charge is 2.42. The Bertz CT molecular complexity index is 411. The smallest absolute Gasteiger partial charge is 0.125 e. The molecule has 1 heterocycles. The van der Waals surface area contributed by atoms with E-state index in [4.69, 9.17) is 15.2 Å². The maximum atomic E-state index is 5.73. The minimum absolute atomic E-state index is 0.0663. The Balaban J connectivity index is 2.49. The molecule has 0 unspecified atom stereocenters. The summed E-state index contributed by atoms with van der Waals surface area (Å²) in [4.78, 5) is 0. The number of rotatable bonds is 4. The summed E-state index contributed by atoms with van der Waals surface area (Å²) in [5.74, 6) is 0.993. The zero-order chi connectivity index (χ0) is 12.5. The molecule has 0 bridgehead atoms. The second-order valence-corrected chi connectivity index (χ2v) is 4.97. The molecular formula is C14H21NO2. The van der Waals surface area contributed by atoms with Crippen LogP contribution < -0.4 is 10.5 Å². The van der Waals surface area contributed by atoms with Crippen molar-refractivity contribution in [2.75, 3.05) is 26.9 Å². The molecule has 17 heavy (non-hydrogen) atoms. The molecule has 1 aliphatic heterocycles. The molecule has 1 fully saturated rings. The first-order valence-electron chi connectivity index (χ1n) is 6.06. The van der Waals surface area contributed by atoms with E-state index in [2.05, 4.69) is 26.0 Å². The summed E-state index contributed by atoms with van der Waals surface area (Å²) >= 11 is 0. The van der Waals surface area contributed by atoms with Crippen LogP contribution in [0.1, 0.15) is 23.1 Å². The molecule has 0 aromatic heterocycles. The number of methoxy groups -OCH3 is 1. The van der Waals surface area contributed by atoms with Crippen molar-refractivity contribution in [3.63, 3.8) is 0 Å². The van der Waals surface area contributed by atoms with Crippen LogP contribution in [0.15, 0.2) is 12.1 Å². The van der Waals surface area contributed by atoms with Crippen LogP contribution in [0, 0.1) is 13.8 Å². The van der Waals surface area contributed by atoms with Crippen molar-refractivity contribution < 1.29 is 9.47 Å². The Hall–Kier alpha value is -1.06. The maximum Gasteiger partial charge on any atom is 0.125 e. The van der Waals surface area contributed by atoms with Gasteiger partial charge in [-0.1, -0.05) is 17.7 Å². The summed E-state index contributed by atoms with van der Waals surface area (Å²) in [5, 5.41) is 0. The lowest BCUT2D eigenvalue weighted by atomic mass is 9.74. The third-order valence-electron chi connectivity index (χ3n) is 3.57. The maximum absolute atomic E-state index is 5.73. The Morgan fingerprint density at radius 2 is 2.06 bits per heavy atom. The van der Waals surface area contributed by atoms with Crippen LogP contribution in [-0.2, 0) is 10.2 Å². The van der Waals surface area contributed by atoms with Crippen molar-refractivity contribution in [2.45, 2.75) is 25.7 Å². The van der Waals surface area contributed by atoms with Gasteiger partial charge in [0.2, 0.25) is 0 Å². The van der Waals surface area contributed by atoms with Crippen molar-refractivity contribution in [3.05, 3.63) is 28.8 Å². The number of hydrogen-bond acceptors (Lipinski definition) is 3. The fraction of sp³-hybridized carbons (Fsp3) is 0.571. The normalized spacial score (nSPS) is 17.6. The highest BCUT2D eigenvalue weighted by Crippen LogP contribution is 2.42. The molecule has 94 valence electrons. The fourth-order valence-corrected chi connectivity index (χ4v) is 2.68. The molecule has 0 atom stereocenters. The molecule has 3 nitrogen and oxygen atoms in total. The molecule has 1 aliphatic rings. The summed E-state index contributed by atoms with van der Waals surface area (Å²) in [5.41, 5.74) is 9.51. The van der Waals surface area contributed by atoms with Gasteiger partial charge in [0.25, 0.3) is 0 Å². The van der Waals surface area contributed by atoms with Gasteiger partial charge in [0, 0.05) is 11.0 Å². The molecule has 1 aromatic carbocycles. The second-order valence-electron chi connectivity index (χ2n) is 4.97. The van der Waals surface area contributed by atoms with Gasteiger partial charge in [-0.2, -0.15) is 0 Å². The average molecular weight is 235 g/mol. The molecule has 0 spiro atoms. The van der Waals surface area contributed by atoms with Crippen molar-refractivity contribution >= 4 is 0 Å². The van der Waals surface area contributed by atoms with Gasteiger partial charge < -0.3 is 15.2 Å². The van der Waals surface area contributed by atoms with E-state index in [1.54, 1.807) is 7.11 Å². The van der Waals surface area contributed by atoms with E-state index in [-0.39, 0.29) is 5.41 Å². The topological polar surface area (TPSA) is 44.5 Å². The van der Waals surface area contributed by atoms with Gasteiger partial charge in [-0.3, -0.25) is 0 Å². The summed E-state index contributed by atoms with van der Waals surface area (Å²) in [6.07, 6.45) is 0.951. The quantitative estimate of drug-likeness (QED) is 0.867. The Labute approximate surface area is 103 Å². The summed E-state index contributed by atoms with van der Waals surface area (Å²) in [7, 11) is 1.73. The largest absolute Gasteiger partial charge is 0.496 e. The number of aryl methyl sites for hydroxylation is 2. The molecule has 0 aliphatic carbocycles. The van der Waals surface area contributed by atoms with Crippen molar-refractivity contribution in [2.24, 2.45) is 5.73 Å². The predicted octanol–water partition coefficient (Wildman–Crippen LogP) is 1.93. The minimum atomic E-state index is 0.0663. The van der Waals surface area contributed by atoms with E-state index >= 15 is 0 Å². The van der Waals surface area contributed by atoms with E-state index in [1.807, 2.05) is 0 Å². The van der Waals surface area contributed by atoms with Gasteiger partial charge in [0.1, 0.15) is 5.75 Å². The van der Waals surface area contributed by atoms with E-state index < -0.39 is 0 Å². The van der Waals surface area contributed by atoms with Gasteiger partial charge in [-0.15, -0.1) is 0 Å². The lowest BCUT2D eigenvalue weighted by molar-refractivity contribution is -0.0640. The first-order valence-corrected chi connectivity index (χ1v) is 6.06. The molecule has 0 radical (unpaired) electrons. The summed E-state index contributed by atoms with van der Waals surface area (Å²) in [6.45, 7) is 6.39. The van der Waals surface area contributed by atoms with Crippen molar-refractivity contribution in [1.29, 1.82) is 0 Å². The Morgan fingerprint density at radius 1 is 1.35 bits per heavy atom. The number of ether oxygens (including phenoxy) is 2. The molecule has 0 saturated carbocycles. The van der Waals surface area contributed by atoms with Gasteiger partial charge in [-0.05, 0) is 32.4 Å². The van der Waals surface area contributed by atoms with Crippen LogP contribution in [-0.4, -0.2) is 26.9 Å². The zero-order valence-corrected chi connectivity index (χ0v) is 10.9. The van der Waals surface area contributed by atoms with E-state index in [9.17, 15) is 0 Å². The predicted molar refractivity (Wildman–Crippen MR) is 68.6 cm³/mol. The Kier molecular flexibility index (Phi) is 3.40. The Morgan fingerprint density at radius 3 is 2.53 bits per heavy atom. The fourth-order valence-electron chi connectivity index (χ4n) is 2.68. The van der Waals surface area contributed by atoms with Crippen LogP contribution in [0.2, 0.25) is 0 Å². The molecule has 2 N–H and O–H groups in total. The molecular weight excluding hydrogens is 214 g/mol. The molecule has 1 saturated heterocycles. The molecule has 1 aromatic rings. The van der Waals surface area contributed by atoms with E-state index in [0.29, 0.717) is 6.54 Å². The highest BCUT2D eigenvalue weighted by molar-refractivity contribution is 5.49. The minimum Gasteiger partial charge on any atom is -0.496 e. The van der Waals surface area contributed by atoms with Crippen LogP contribution in [0.5, 0.6) is 5.75 Å². The van der Waals surface area contributed by atoms with Crippen LogP contribution in [0.4, 0.5) is 0 Å². The SMILES string of the molecule is COc1c(C)cc(C)cc1C1(CCN)COC1. The molecule has 2 rings (SSSR count). The van der Waals surface area contributed by atoms with Gasteiger partial charge in [0.15, 0.2) is 0 Å². The average Bonchev–Trinajstić information content (AvgIpc) is 2.22. The van der Waals surface area contributed by atoms with E-state index in [1.165, 1.54) is 16.7 Å². The number of benzene rings is 1. The van der Waals surface area contributed by atoms with Crippen molar-refractivity contribution in [3.8, 4) is 5.75 Å². The summed E-state index contributed by atoms with van der Waals surface area (Å²) in [6, 6.07) is 4.36. The highest BCUT2D eigenvalue weighted by atomic mass is 16.5. The van der Waals surface area contributed by atoms with Gasteiger partial charge in [-0.25, -0.2) is 0 Å². The summed E-state index contributed by atoms with van der Waals surface area (Å²) < 4.78 is 11.0. The first-order chi connectivity index (χ1) is 8.13. The number of hydrogen-bond donors (Lipinski definition) is 1. The van der Waals surface area contributed by atoms with Crippen LogP contribution in [0.3, 0.4) is 0 Å². The third-order valence-corrected chi connectivity index (χ3v) is 3.57. The zero-order valence-electron chi connectivity index (χ0n) is 10.9. The van der Waals surface area contributed by atoms with Crippen LogP contribution in [0.25, 0.3) is 0 Å². The standard InChI is InChI=1S/C14H21NO2/c1-10-6-11(2)13(16-3)12(7-10)14(4-5-15)8-17-9-14/h6-7H,4-5,8-9,15H2,1-3H3. The first kappa shape index (κ1) is 12.4. The molecule has 3 heteroatoms. The second kappa shape index (κ2) is 4.67. The van der Waals surface area contributed by atoms with Gasteiger partial charge in [0.05, 0.1) is 20.3 Å². The van der Waals surface area contributed by atoms with Gasteiger partial charge >= 0.3 is 0 Å². The van der Waals surface area contributed by atoms with Crippen molar-refractivity contribution in [1.82, 2.24) is 0 Å². The third kappa shape index (κ3) is 2.05. The molecule has 0 amide bonds. The number of nitrogens with two attached hydrogens (primary N) is 1. The van der Waals surface area contributed by atoms with E-state index in [0.717, 1.165) is 25.4 Å². The lowest BCUT2D eigenvalue weighted by Crippen LogP contribution is -2.48.